The van der Waals surface area contributed by atoms with Crippen molar-refractivity contribution in [1.29, 1.82) is 0 Å². The molecule has 0 atom stereocenters. The summed E-state index contributed by atoms with van der Waals surface area (Å²) < 4.78 is 10.5. The number of hydrogen-bond donors (Lipinski definition) is 1. The molecule has 0 spiro atoms. The van der Waals surface area contributed by atoms with Gasteiger partial charge in [0.25, 0.3) is 0 Å². The molecule has 0 saturated carbocycles. The third kappa shape index (κ3) is 5.16. The van der Waals surface area contributed by atoms with E-state index in [1.165, 1.54) is 5.56 Å². The van der Waals surface area contributed by atoms with E-state index >= 15 is 0 Å². The van der Waals surface area contributed by atoms with Crippen LogP contribution in [0, 0.1) is 5.92 Å². The van der Waals surface area contributed by atoms with Gasteiger partial charge in [-0.2, -0.15) is 0 Å². The summed E-state index contributed by atoms with van der Waals surface area (Å²) in [7, 11) is 3.21. The topological polar surface area (TPSA) is 50.8 Å². The second-order valence-corrected chi connectivity index (χ2v) is 6.94. The number of hydrogen-bond acceptors (Lipinski definition) is 4. The maximum atomic E-state index is 12.5. The third-order valence-corrected chi connectivity index (χ3v) is 5.16. The van der Waals surface area contributed by atoms with Gasteiger partial charge < -0.3 is 19.7 Å². The summed E-state index contributed by atoms with van der Waals surface area (Å²) >= 11 is 0. The lowest BCUT2D eigenvalue weighted by Gasteiger charge is -2.32. The highest BCUT2D eigenvalue weighted by Gasteiger charge is 2.22. The molecule has 2 aromatic carbocycles. The molecule has 0 aromatic heterocycles. The van der Waals surface area contributed by atoms with Crippen LogP contribution in [-0.4, -0.2) is 44.7 Å². The van der Waals surface area contributed by atoms with Crippen molar-refractivity contribution in [1.82, 2.24) is 4.90 Å². The molecular weight excluding hydrogens is 340 g/mol. The van der Waals surface area contributed by atoms with Gasteiger partial charge in [-0.05, 0) is 42.9 Å². The lowest BCUT2D eigenvalue weighted by molar-refractivity contribution is -0.130. The second-order valence-electron chi connectivity index (χ2n) is 6.94. The predicted molar refractivity (Wildman–Crippen MR) is 107 cm³/mol. The van der Waals surface area contributed by atoms with Crippen molar-refractivity contribution in [2.45, 2.75) is 19.3 Å². The summed E-state index contributed by atoms with van der Waals surface area (Å²) in [6, 6.07) is 16.2. The van der Waals surface area contributed by atoms with Crippen LogP contribution in [0.15, 0.2) is 48.5 Å². The number of ether oxygens (including phenoxy) is 2. The Morgan fingerprint density at radius 1 is 1.04 bits per heavy atom. The second kappa shape index (κ2) is 9.31. The van der Waals surface area contributed by atoms with E-state index in [0.29, 0.717) is 24.0 Å². The van der Waals surface area contributed by atoms with Crippen molar-refractivity contribution < 1.29 is 14.3 Å². The van der Waals surface area contributed by atoms with E-state index in [-0.39, 0.29) is 5.91 Å². The van der Waals surface area contributed by atoms with Crippen LogP contribution >= 0.6 is 0 Å². The Morgan fingerprint density at radius 2 is 1.74 bits per heavy atom. The Hall–Kier alpha value is -2.69. The zero-order chi connectivity index (χ0) is 19.1. The van der Waals surface area contributed by atoms with Gasteiger partial charge in [-0.25, -0.2) is 0 Å². The van der Waals surface area contributed by atoms with Crippen LogP contribution in [0.5, 0.6) is 11.5 Å². The number of nitrogens with zero attached hydrogens (tertiary/aromatic N) is 1. The molecule has 1 N–H and O–H groups in total. The molecule has 144 valence electrons. The molecule has 0 aliphatic carbocycles. The number of carbonyl (C=O) groups excluding carboxylic acids is 1. The van der Waals surface area contributed by atoms with Crippen LogP contribution in [0.4, 0.5) is 5.69 Å². The summed E-state index contributed by atoms with van der Waals surface area (Å²) in [5.74, 6) is 2.13. The third-order valence-electron chi connectivity index (χ3n) is 5.16. The number of carbonyl (C=O) groups is 1. The zero-order valence-electron chi connectivity index (χ0n) is 16.1. The molecule has 1 fully saturated rings. The first-order valence-electron chi connectivity index (χ1n) is 9.47. The highest BCUT2D eigenvalue weighted by molar-refractivity contribution is 5.81. The minimum absolute atomic E-state index is 0.142. The summed E-state index contributed by atoms with van der Waals surface area (Å²) in [5.41, 5.74) is 2.23. The van der Waals surface area contributed by atoms with Crippen molar-refractivity contribution in [3.05, 3.63) is 54.1 Å². The molecule has 0 radical (unpaired) electrons. The van der Waals surface area contributed by atoms with Crippen LogP contribution in [0.2, 0.25) is 0 Å². The Morgan fingerprint density at radius 3 is 2.41 bits per heavy atom. The molecule has 0 bridgehead atoms. The van der Waals surface area contributed by atoms with Crippen molar-refractivity contribution in [2.75, 3.05) is 39.2 Å². The highest BCUT2D eigenvalue weighted by atomic mass is 16.5. The summed E-state index contributed by atoms with van der Waals surface area (Å²) in [5, 5.41) is 3.19. The average Bonchev–Trinajstić information content (AvgIpc) is 2.73. The van der Waals surface area contributed by atoms with Crippen LogP contribution in [0.25, 0.3) is 0 Å². The summed E-state index contributed by atoms with van der Waals surface area (Å²) in [6.45, 7) is 1.97. The Bertz CT molecular complexity index is 740. The number of piperidine rings is 1. The lowest BCUT2D eigenvalue weighted by atomic mass is 9.90. The van der Waals surface area contributed by atoms with Gasteiger partial charge in [0.1, 0.15) is 0 Å². The van der Waals surface area contributed by atoms with E-state index in [1.807, 2.05) is 23.1 Å². The maximum absolute atomic E-state index is 12.5. The first-order chi connectivity index (χ1) is 13.2. The largest absolute Gasteiger partial charge is 0.493 e. The molecular formula is C22H28N2O3. The van der Waals surface area contributed by atoms with Gasteiger partial charge in [0.15, 0.2) is 11.5 Å². The normalized spacial score (nSPS) is 14.7. The Balaban J connectivity index is 1.46. The monoisotopic (exact) mass is 368 g/mol. The predicted octanol–water partition coefficient (Wildman–Crippen LogP) is 3.60. The van der Waals surface area contributed by atoms with Crippen LogP contribution in [-0.2, 0) is 11.2 Å². The van der Waals surface area contributed by atoms with Crippen LogP contribution in [0.3, 0.4) is 0 Å². The molecule has 5 nitrogen and oxygen atoms in total. The van der Waals surface area contributed by atoms with E-state index in [0.717, 1.165) is 38.0 Å². The molecule has 1 saturated heterocycles. The van der Waals surface area contributed by atoms with Crippen molar-refractivity contribution in [2.24, 2.45) is 5.92 Å². The van der Waals surface area contributed by atoms with Gasteiger partial charge in [0.05, 0.1) is 20.8 Å². The van der Waals surface area contributed by atoms with Crippen LogP contribution < -0.4 is 14.8 Å². The standard InChI is InChI=1S/C22H28N2O3/c1-26-20-9-8-19(15-21(20)27-2)23-16-22(25)24-12-10-18(11-13-24)14-17-6-4-3-5-7-17/h3-9,15,18,23H,10-14,16H2,1-2H3. The van der Waals surface area contributed by atoms with Crippen LogP contribution in [0.1, 0.15) is 18.4 Å². The Kier molecular flexibility index (Phi) is 6.58. The molecule has 2 aromatic rings. The quantitative estimate of drug-likeness (QED) is 0.811. The summed E-state index contributed by atoms with van der Waals surface area (Å²) in [4.78, 5) is 14.5. The van der Waals surface area contributed by atoms with Crippen molar-refractivity contribution in [3.63, 3.8) is 0 Å². The molecule has 1 aliphatic heterocycles. The first-order valence-corrected chi connectivity index (χ1v) is 9.47. The van der Waals surface area contributed by atoms with E-state index in [2.05, 4.69) is 35.6 Å². The summed E-state index contributed by atoms with van der Waals surface area (Å²) in [6.07, 6.45) is 3.24. The smallest absolute Gasteiger partial charge is 0.241 e. The molecule has 1 aliphatic rings. The number of nitrogens with one attached hydrogen (secondary N) is 1. The molecule has 1 amide bonds. The SMILES string of the molecule is COc1ccc(NCC(=O)N2CCC(Cc3ccccc3)CC2)cc1OC. The minimum Gasteiger partial charge on any atom is -0.493 e. The number of anilines is 1. The molecule has 1 heterocycles. The Labute approximate surface area is 161 Å². The lowest BCUT2D eigenvalue weighted by Crippen LogP contribution is -2.41. The molecule has 27 heavy (non-hydrogen) atoms. The maximum Gasteiger partial charge on any atom is 0.241 e. The fourth-order valence-corrected chi connectivity index (χ4v) is 3.57. The van der Waals surface area contributed by atoms with Crippen molar-refractivity contribution in [3.8, 4) is 11.5 Å². The van der Waals surface area contributed by atoms with Gasteiger partial charge in [0.2, 0.25) is 5.91 Å². The van der Waals surface area contributed by atoms with Gasteiger partial charge in [0, 0.05) is 24.8 Å². The zero-order valence-corrected chi connectivity index (χ0v) is 16.1. The number of likely N-dealkylation sites (tertiary alicyclic amines) is 1. The fraction of sp³-hybridized carbons (Fsp3) is 0.409. The number of amides is 1. The van der Waals surface area contributed by atoms with E-state index in [9.17, 15) is 4.79 Å². The number of rotatable bonds is 7. The average molecular weight is 368 g/mol. The number of methoxy groups -OCH3 is 2. The number of benzene rings is 2. The fourth-order valence-electron chi connectivity index (χ4n) is 3.57. The van der Waals surface area contributed by atoms with Crippen molar-refractivity contribution >= 4 is 11.6 Å². The minimum atomic E-state index is 0.142. The van der Waals surface area contributed by atoms with E-state index < -0.39 is 0 Å². The van der Waals surface area contributed by atoms with Gasteiger partial charge >= 0.3 is 0 Å². The first kappa shape index (κ1) is 19.1. The highest BCUT2D eigenvalue weighted by Crippen LogP contribution is 2.29. The van der Waals surface area contributed by atoms with E-state index in [1.54, 1.807) is 14.2 Å². The van der Waals surface area contributed by atoms with E-state index in [4.69, 9.17) is 9.47 Å². The molecule has 5 heteroatoms. The van der Waals surface area contributed by atoms with Gasteiger partial charge in [-0.1, -0.05) is 30.3 Å². The van der Waals surface area contributed by atoms with Gasteiger partial charge in [-0.3, -0.25) is 4.79 Å². The van der Waals surface area contributed by atoms with Gasteiger partial charge in [-0.15, -0.1) is 0 Å². The molecule has 3 rings (SSSR count). The molecule has 0 unspecified atom stereocenters.